The first-order valence-corrected chi connectivity index (χ1v) is 24.1. The van der Waals surface area contributed by atoms with Gasteiger partial charge in [0.1, 0.15) is 11.5 Å². The summed E-state index contributed by atoms with van der Waals surface area (Å²) in [4.78, 5) is 5.26. The zero-order valence-corrected chi connectivity index (χ0v) is 35.6. The summed E-state index contributed by atoms with van der Waals surface area (Å²) < 4.78 is 11.9. The minimum atomic E-state index is -3.11. The lowest BCUT2D eigenvalue weighted by atomic mass is 9.98. The summed E-state index contributed by atoms with van der Waals surface area (Å²) in [6.45, 7) is 9.54. The molecule has 276 valence electrons. The first kappa shape index (κ1) is 35.7. The lowest BCUT2D eigenvalue weighted by Gasteiger charge is -2.44. The number of para-hydroxylation sites is 6. The van der Waals surface area contributed by atoms with Gasteiger partial charge in [0.2, 0.25) is 5.78 Å². The van der Waals surface area contributed by atoms with Crippen molar-refractivity contribution in [2.45, 2.75) is 43.4 Å². The Morgan fingerprint density at radius 1 is 0.544 bits per heavy atom. The molecule has 1 aliphatic heterocycles. The van der Waals surface area contributed by atoms with Gasteiger partial charge in [-0.1, -0.05) is 172 Å². The lowest BCUT2D eigenvalue weighted by Crippen LogP contribution is -2.75. The Balaban J connectivity index is 1.31. The van der Waals surface area contributed by atoms with E-state index in [0.717, 1.165) is 45.0 Å². The Labute approximate surface area is 340 Å². The van der Waals surface area contributed by atoms with Gasteiger partial charge in [0, 0.05) is 10.3 Å². The standard InChI is InChI=1S/C50H43N3OSi3/c1-34(2)55-50(56-35(3)4)40-25-11-16-31-46(40)54-48-41(50)26-18-32-47(48)57(37-20-7-5-8-21-37,38-22-9-6-10-23-38)39-24-17-19-36(33-39)52-44-29-14-15-30-45(44)53-43-28-13-12-27-42(43)51-49(52)53/h5-35H,1-4H3. The fourth-order valence-electron chi connectivity index (χ4n) is 9.40. The van der Waals surface area contributed by atoms with E-state index in [1.807, 2.05) is 0 Å². The third kappa shape index (κ3) is 5.55. The molecule has 0 unspecified atom stereocenters. The molecule has 0 saturated heterocycles. The lowest BCUT2D eigenvalue weighted by molar-refractivity contribution is 0.454. The summed E-state index contributed by atoms with van der Waals surface area (Å²) in [7, 11) is -1.70. The molecule has 0 atom stereocenters. The van der Waals surface area contributed by atoms with Gasteiger partial charge in [0.15, 0.2) is 8.07 Å². The van der Waals surface area contributed by atoms with Crippen LogP contribution in [-0.4, -0.2) is 41.1 Å². The van der Waals surface area contributed by atoms with Crippen molar-refractivity contribution in [2.75, 3.05) is 0 Å². The van der Waals surface area contributed by atoms with Gasteiger partial charge in [-0.25, -0.2) is 4.98 Å². The molecule has 7 heteroatoms. The van der Waals surface area contributed by atoms with E-state index < -0.39 is 8.07 Å². The minimum absolute atomic E-state index is 0.143. The Bertz CT molecular complexity index is 2870. The summed E-state index contributed by atoms with van der Waals surface area (Å²) in [5.41, 5.74) is 9.16. The molecule has 0 aliphatic carbocycles. The van der Waals surface area contributed by atoms with Crippen LogP contribution < -0.4 is 25.5 Å². The van der Waals surface area contributed by atoms with Crippen LogP contribution in [0.15, 0.2) is 176 Å². The Hall–Kier alpha value is -5.74. The van der Waals surface area contributed by atoms with Gasteiger partial charge in [-0.05, 0) is 74.3 Å². The molecule has 10 rings (SSSR count). The number of rotatable bonds is 9. The molecular weight excluding hydrogens is 743 g/mol. The largest absolute Gasteiger partial charge is 0.457 e. The third-order valence-electron chi connectivity index (χ3n) is 11.4. The second kappa shape index (κ2) is 14.0. The van der Waals surface area contributed by atoms with Crippen LogP contribution in [0.5, 0.6) is 11.5 Å². The van der Waals surface area contributed by atoms with Crippen molar-refractivity contribution in [1.29, 1.82) is 0 Å². The highest BCUT2D eigenvalue weighted by atomic mass is 28.3. The molecule has 4 radical (unpaired) electrons. The number of imidazole rings is 2. The second-order valence-corrected chi connectivity index (χ2v) is 24.4. The van der Waals surface area contributed by atoms with Gasteiger partial charge in [0.25, 0.3) is 0 Å². The molecule has 0 amide bonds. The molecular formula is C50H43N3OSi3. The quantitative estimate of drug-likeness (QED) is 0.108. The van der Waals surface area contributed by atoms with Crippen LogP contribution in [0.2, 0.25) is 11.1 Å². The molecule has 4 nitrogen and oxygen atoms in total. The summed E-state index contributed by atoms with van der Waals surface area (Å²) in [6, 6.07) is 64.9. The van der Waals surface area contributed by atoms with Gasteiger partial charge in [-0.3, -0.25) is 8.97 Å². The van der Waals surface area contributed by atoms with Crippen LogP contribution in [0, 0.1) is 0 Å². The number of benzene rings is 7. The maximum atomic E-state index is 7.37. The molecule has 0 N–H and O–H groups in total. The second-order valence-electron chi connectivity index (χ2n) is 15.7. The summed E-state index contributed by atoms with van der Waals surface area (Å²) in [5, 5.41) is 5.22. The average Bonchev–Trinajstić information content (AvgIpc) is 3.77. The number of ether oxygens (including phenoxy) is 1. The first-order chi connectivity index (χ1) is 27.9. The van der Waals surface area contributed by atoms with E-state index in [1.165, 1.54) is 31.9 Å². The minimum Gasteiger partial charge on any atom is -0.457 e. The van der Waals surface area contributed by atoms with Crippen LogP contribution in [0.25, 0.3) is 33.5 Å². The summed E-state index contributed by atoms with van der Waals surface area (Å²) >= 11 is 0. The normalized spacial score (nSPS) is 13.6. The molecule has 0 bridgehead atoms. The van der Waals surface area contributed by atoms with Crippen molar-refractivity contribution >= 4 is 75.7 Å². The van der Waals surface area contributed by atoms with E-state index in [4.69, 9.17) is 9.72 Å². The van der Waals surface area contributed by atoms with Crippen molar-refractivity contribution in [2.24, 2.45) is 0 Å². The number of hydrogen-bond donors (Lipinski definition) is 0. The maximum Gasteiger partial charge on any atom is 0.220 e. The van der Waals surface area contributed by atoms with Crippen LogP contribution in [-0.2, 0) is 4.66 Å². The average molecular weight is 786 g/mol. The maximum absolute atomic E-state index is 7.37. The van der Waals surface area contributed by atoms with E-state index in [1.54, 1.807) is 0 Å². The molecule has 9 aromatic rings. The van der Waals surface area contributed by atoms with Gasteiger partial charge in [0.05, 0.1) is 41.1 Å². The predicted molar refractivity (Wildman–Crippen MR) is 242 cm³/mol. The van der Waals surface area contributed by atoms with E-state index >= 15 is 0 Å². The van der Waals surface area contributed by atoms with Gasteiger partial charge < -0.3 is 4.74 Å². The van der Waals surface area contributed by atoms with Gasteiger partial charge in [-0.2, -0.15) is 0 Å². The fraction of sp³-hybridized carbons (Fsp3) is 0.140. The number of aromatic nitrogens is 3. The fourth-order valence-corrected chi connectivity index (χ4v) is 19.5. The smallest absolute Gasteiger partial charge is 0.220 e. The molecule has 1 aliphatic rings. The van der Waals surface area contributed by atoms with Crippen molar-refractivity contribution < 1.29 is 4.74 Å². The van der Waals surface area contributed by atoms with E-state index in [-0.39, 0.29) is 4.66 Å². The summed E-state index contributed by atoms with van der Waals surface area (Å²) in [5.74, 6) is 2.94. The van der Waals surface area contributed by atoms with Crippen molar-refractivity contribution in [3.8, 4) is 17.2 Å². The van der Waals surface area contributed by atoms with E-state index in [0.29, 0.717) is 30.1 Å². The highest BCUT2D eigenvalue weighted by Crippen LogP contribution is 2.49. The highest BCUT2D eigenvalue weighted by Gasteiger charge is 2.49. The molecule has 0 fully saturated rings. The van der Waals surface area contributed by atoms with Crippen molar-refractivity contribution in [1.82, 2.24) is 14.0 Å². The molecule has 2 aromatic heterocycles. The number of fused-ring (bicyclic) bond motifs is 7. The zero-order valence-electron chi connectivity index (χ0n) is 32.6. The third-order valence-corrected chi connectivity index (χ3v) is 20.1. The molecule has 7 aromatic carbocycles. The molecule has 0 spiro atoms. The zero-order chi connectivity index (χ0) is 38.7. The Morgan fingerprint density at radius 2 is 1.11 bits per heavy atom. The van der Waals surface area contributed by atoms with Gasteiger partial charge >= 0.3 is 0 Å². The molecule has 3 heterocycles. The van der Waals surface area contributed by atoms with Crippen molar-refractivity contribution in [3.63, 3.8) is 0 Å². The number of hydrogen-bond acceptors (Lipinski definition) is 2. The topological polar surface area (TPSA) is 31.5 Å². The predicted octanol–water partition coefficient (Wildman–Crippen LogP) is 9.18. The van der Waals surface area contributed by atoms with Crippen LogP contribution >= 0.6 is 0 Å². The van der Waals surface area contributed by atoms with Gasteiger partial charge in [-0.15, -0.1) is 0 Å². The molecule has 57 heavy (non-hydrogen) atoms. The Kier molecular flexibility index (Phi) is 8.77. The monoisotopic (exact) mass is 785 g/mol. The Morgan fingerprint density at radius 3 is 1.81 bits per heavy atom. The number of nitrogens with zero attached hydrogens (tertiary/aromatic N) is 3. The van der Waals surface area contributed by atoms with Crippen LogP contribution in [0.4, 0.5) is 0 Å². The van der Waals surface area contributed by atoms with E-state index in [2.05, 4.69) is 213 Å². The van der Waals surface area contributed by atoms with E-state index in [9.17, 15) is 0 Å². The van der Waals surface area contributed by atoms with Crippen LogP contribution in [0.1, 0.15) is 38.8 Å². The summed E-state index contributed by atoms with van der Waals surface area (Å²) in [6.07, 6.45) is 0. The highest BCUT2D eigenvalue weighted by molar-refractivity contribution is 7.20. The molecule has 0 saturated carbocycles. The van der Waals surface area contributed by atoms with Crippen molar-refractivity contribution in [3.05, 3.63) is 187 Å². The first-order valence-electron chi connectivity index (χ1n) is 20.0. The SMILES string of the molecule is CC(C)[Si]C1([Si]C(C)C)c2ccccc2Oc2c1cccc2[Si](c1ccccc1)(c1ccccc1)c1cccc(-n2c3ccccc3n3c4ccccc4nc23)c1. The van der Waals surface area contributed by atoms with Crippen LogP contribution in [0.3, 0.4) is 0 Å².